The second-order valence-electron chi connectivity index (χ2n) is 8.09. The number of ether oxygens (including phenoxy) is 2. The number of allylic oxidation sites excluding steroid dienone is 1. The number of fused-ring (bicyclic) bond motifs is 3. The van der Waals surface area contributed by atoms with E-state index in [2.05, 4.69) is 37.8 Å². The lowest BCUT2D eigenvalue weighted by molar-refractivity contribution is 0.0831. The summed E-state index contributed by atoms with van der Waals surface area (Å²) in [5.41, 5.74) is 4.80. The Hall–Kier alpha value is -2.59. The maximum atomic E-state index is 13.0. The van der Waals surface area contributed by atoms with Crippen molar-refractivity contribution in [3.05, 3.63) is 63.9 Å². The fourth-order valence-corrected chi connectivity index (χ4v) is 3.91. The fourth-order valence-electron chi connectivity index (χ4n) is 3.91. The molecule has 0 saturated heterocycles. The lowest BCUT2D eigenvalue weighted by Crippen LogP contribution is -2.35. The first-order chi connectivity index (χ1) is 13.5. The topological polar surface area (TPSA) is 38.8 Å². The van der Waals surface area contributed by atoms with E-state index in [1.165, 1.54) is 5.56 Å². The highest BCUT2D eigenvalue weighted by Gasteiger charge is 2.35. The van der Waals surface area contributed by atoms with E-state index in [0.29, 0.717) is 29.7 Å². The number of Topliss-reactive ketones (excluding diaryl/α,β-unsaturated/α-hetero) is 1. The van der Waals surface area contributed by atoms with Crippen LogP contribution in [0.4, 0.5) is 0 Å². The Labute approximate surface area is 166 Å². The van der Waals surface area contributed by atoms with Gasteiger partial charge in [-0.1, -0.05) is 45.0 Å². The molecule has 28 heavy (non-hydrogen) atoms. The summed E-state index contributed by atoms with van der Waals surface area (Å²) in [6.07, 6.45) is 2.83. The number of hydrogen-bond donors (Lipinski definition) is 0. The van der Waals surface area contributed by atoms with Crippen LogP contribution in [0.3, 0.4) is 0 Å². The van der Waals surface area contributed by atoms with Crippen LogP contribution in [-0.2, 0) is 13.0 Å². The van der Waals surface area contributed by atoms with Gasteiger partial charge in [-0.3, -0.25) is 9.69 Å². The molecule has 0 atom stereocenters. The number of carbonyl (C=O) groups excluding carboxylic acids is 1. The fraction of sp³-hybridized carbons (Fsp3) is 0.375. The molecule has 0 saturated carbocycles. The van der Waals surface area contributed by atoms with Crippen molar-refractivity contribution in [2.75, 3.05) is 13.3 Å². The number of carbonyl (C=O) groups is 1. The minimum absolute atomic E-state index is 0.0455. The molecule has 0 spiro atoms. The van der Waals surface area contributed by atoms with Gasteiger partial charge in [0, 0.05) is 13.1 Å². The Morgan fingerprint density at radius 1 is 1.21 bits per heavy atom. The second kappa shape index (κ2) is 7.44. The van der Waals surface area contributed by atoms with Crippen molar-refractivity contribution in [2.24, 2.45) is 5.92 Å². The molecular formula is C24H27NO3. The monoisotopic (exact) mass is 377 g/mol. The molecule has 0 aliphatic carbocycles. The van der Waals surface area contributed by atoms with Crippen molar-refractivity contribution in [1.29, 1.82) is 0 Å². The summed E-state index contributed by atoms with van der Waals surface area (Å²) in [6.45, 7) is 10.7. The zero-order chi connectivity index (χ0) is 19.8. The molecule has 4 rings (SSSR count). The van der Waals surface area contributed by atoms with Gasteiger partial charge in [-0.2, -0.15) is 0 Å². The van der Waals surface area contributed by atoms with Crippen LogP contribution in [0, 0.1) is 12.8 Å². The summed E-state index contributed by atoms with van der Waals surface area (Å²) in [5.74, 6) is 2.39. The van der Waals surface area contributed by atoms with E-state index < -0.39 is 0 Å². The number of ketones is 1. The van der Waals surface area contributed by atoms with Gasteiger partial charge in [0.1, 0.15) is 18.2 Å². The van der Waals surface area contributed by atoms with E-state index in [1.807, 2.05) is 31.2 Å². The molecule has 0 N–H and O–H groups in total. The first-order valence-electron chi connectivity index (χ1n) is 10.0. The van der Waals surface area contributed by atoms with Crippen molar-refractivity contribution in [1.82, 2.24) is 4.90 Å². The Balaban J connectivity index is 1.68. The van der Waals surface area contributed by atoms with E-state index in [-0.39, 0.29) is 5.78 Å². The van der Waals surface area contributed by atoms with Crippen LogP contribution >= 0.6 is 0 Å². The Morgan fingerprint density at radius 2 is 1.96 bits per heavy atom. The second-order valence-corrected chi connectivity index (χ2v) is 8.09. The van der Waals surface area contributed by atoms with E-state index in [1.54, 1.807) is 0 Å². The first kappa shape index (κ1) is 18.8. The highest BCUT2D eigenvalue weighted by atomic mass is 16.5. The van der Waals surface area contributed by atoms with Crippen molar-refractivity contribution in [3.8, 4) is 11.5 Å². The normalized spacial score (nSPS) is 17.5. The van der Waals surface area contributed by atoms with E-state index in [9.17, 15) is 4.79 Å². The van der Waals surface area contributed by atoms with Gasteiger partial charge in [-0.25, -0.2) is 0 Å². The van der Waals surface area contributed by atoms with Crippen LogP contribution < -0.4 is 9.47 Å². The number of benzene rings is 2. The van der Waals surface area contributed by atoms with Crippen LogP contribution in [0.2, 0.25) is 0 Å². The molecule has 2 aromatic carbocycles. The van der Waals surface area contributed by atoms with Crippen LogP contribution in [-0.4, -0.2) is 24.0 Å². The standard InChI is InChI=1S/C24H27NO3/c1-5-17-6-8-18(9-7-17)11-21-23(26)22-16(4)10-20-19(24(22)28-21)13-25(14-27-20)12-15(2)3/h6-11,15H,5,12-14H2,1-4H3/b21-11-. The van der Waals surface area contributed by atoms with E-state index in [4.69, 9.17) is 9.47 Å². The maximum Gasteiger partial charge on any atom is 0.232 e. The number of hydrogen-bond acceptors (Lipinski definition) is 4. The molecule has 4 heteroatoms. The molecule has 2 aliphatic rings. The Bertz CT molecular complexity index is 941. The zero-order valence-electron chi connectivity index (χ0n) is 17.0. The highest BCUT2D eigenvalue weighted by Crippen LogP contribution is 2.44. The van der Waals surface area contributed by atoms with E-state index in [0.717, 1.165) is 42.0 Å². The summed E-state index contributed by atoms with van der Waals surface area (Å²) >= 11 is 0. The van der Waals surface area contributed by atoms with Gasteiger partial charge < -0.3 is 9.47 Å². The first-order valence-corrected chi connectivity index (χ1v) is 10.0. The molecule has 2 aromatic rings. The van der Waals surface area contributed by atoms with Crippen molar-refractivity contribution in [3.63, 3.8) is 0 Å². The molecule has 0 amide bonds. The van der Waals surface area contributed by atoms with Crippen LogP contribution in [0.5, 0.6) is 11.5 Å². The van der Waals surface area contributed by atoms with Crippen LogP contribution in [0.25, 0.3) is 6.08 Å². The van der Waals surface area contributed by atoms with Gasteiger partial charge in [-0.05, 0) is 48.1 Å². The van der Waals surface area contributed by atoms with Gasteiger partial charge in [0.25, 0.3) is 0 Å². The SMILES string of the molecule is CCc1ccc(/C=C2\Oc3c4c(cc(C)c3C2=O)OCN(CC(C)C)C4)cc1. The summed E-state index contributed by atoms with van der Waals surface area (Å²) in [4.78, 5) is 15.3. The average molecular weight is 377 g/mol. The summed E-state index contributed by atoms with van der Waals surface area (Å²) < 4.78 is 12.1. The largest absolute Gasteiger partial charge is 0.478 e. The third-order valence-electron chi connectivity index (χ3n) is 5.30. The maximum absolute atomic E-state index is 13.0. The zero-order valence-corrected chi connectivity index (χ0v) is 17.0. The number of rotatable bonds is 4. The molecule has 0 bridgehead atoms. The quantitative estimate of drug-likeness (QED) is 0.704. The Morgan fingerprint density at radius 3 is 2.64 bits per heavy atom. The molecule has 2 heterocycles. The number of aryl methyl sites for hydroxylation is 2. The molecule has 146 valence electrons. The minimum Gasteiger partial charge on any atom is -0.478 e. The van der Waals surface area contributed by atoms with E-state index >= 15 is 0 Å². The van der Waals surface area contributed by atoms with Crippen molar-refractivity contribution in [2.45, 2.75) is 40.7 Å². The van der Waals surface area contributed by atoms with Gasteiger partial charge in [-0.15, -0.1) is 0 Å². The molecule has 0 fully saturated rings. The van der Waals surface area contributed by atoms with Gasteiger partial charge in [0.05, 0.1) is 11.1 Å². The third kappa shape index (κ3) is 3.45. The Kier molecular flexibility index (Phi) is 4.98. The molecule has 4 nitrogen and oxygen atoms in total. The predicted octanol–water partition coefficient (Wildman–Crippen LogP) is 4.98. The van der Waals surface area contributed by atoms with Crippen LogP contribution in [0.1, 0.15) is 53.4 Å². The number of nitrogens with zero attached hydrogens (tertiary/aromatic N) is 1. The molecule has 0 aromatic heterocycles. The third-order valence-corrected chi connectivity index (χ3v) is 5.30. The smallest absolute Gasteiger partial charge is 0.232 e. The molecular weight excluding hydrogens is 350 g/mol. The van der Waals surface area contributed by atoms with Crippen molar-refractivity contribution >= 4 is 11.9 Å². The summed E-state index contributed by atoms with van der Waals surface area (Å²) in [5, 5.41) is 0. The highest BCUT2D eigenvalue weighted by molar-refractivity contribution is 6.15. The van der Waals surface area contributed by atoms with Gasteiger partial charge >= 0.3 is 0 Å². The van der Waals surface area contributed by atoms with Crippen molar-refractivity contribution < 1.29 is 14.3 Å². The lowest BCUT2D eigenvalue weighted by Gasteiger charge is -2.31. The minimum atomic E-state index is -0.0455. The molecule has 0 radical (unpaired) electrons. The summed E-state index contributed by atoms with van der Waals surface area (Å²) in [6, 6.07) is 10.2. The van der Waals surface area contributed by atoms with Gasteiger partial charge in [0.15, 0.2) is 5.76 Å². The predicted molar refractivity (Wildman–Crippen MR) is 111 cm³/mol. The lowest BCUT2D eigenvalue weighted by atomic mass is 9.98. The molecule has 2 aliphatic heterocycles. The van der Waals surface area contributed by atoms with Crippen LogP contribution in [0.15, 0.2) is 36.1 Å². The summed E-state index contributed by atoms with van der Waals surface area (Å²) in [7, 11) is 0. The molecule has 0 unspecified atom stereocenters. The average Bonchev–Trinajstić information content (AvgIpc) is 3.00. The van der Waals surface area contributed by atoms with Gasteiger partial charge in [0.2, 0.25) is 5.78 Å².